The van der Waals surface area contributed by atoms with Crippen LogP contribution in [-0.4, -0.2) is 83.6 Å². The number of hydrogen-bond acceptors (Lipinski definition) is 7. The Morgan fingerprint density at radius 1 is 0.941 bits per heavy atom. The third-order valence-corrected chi connectivity index (χ3v) is 12.3. The Labute approximate surface area is 304 Å². The molecule has 0 fully saturated rings. The molecular weight excluding hydrogens is 682 g/mol. The first-order valence-electron chi connectivity index (χ1n) is 18.4. The highest BCUT2D eigenvalue weighted by Crippen LogP contribution is 2.58. The van der Waals surface area contributed by atoms with Gasteiger partial charge in [0.1, 0.15) is 6.10 Å². The number of unbranched alkanes of at least 4 members (excludes halogenated alkanes) is 3. The van der Waals surface area contributed by atoms with Crippen LogP contribution in [0.4, 0.5) is 24.5 Å². The zero-order chi connectivity index (χ0) is 38.0. The summed E-state index contributed by atoms with van der Waals surface area (Å²) >= 11 is 0. The second-order valence-corrected chi connectivity index (χ2v) is 15.8. The largest absolute Gasteiger partial charge is 0.490 e. The van der Waals surface area contributed by atoms with Gasteiger partial charge in [-0.2, -0.15) is 13.2 Å². The van der Waals surface area contributed by atoms with Crippen LogP contribution >= 0.6 is 10.8 Å². The van der Waals surface area contributed by atoms with Gasteiger partial charge in [-0.3, -0.25) is 13.9 Å². The van der Waals surface area contributed by atoms with Crippen LogP contribution in [0, 0.1) is 0 Å². The molecule has 3 rings (SSSR count). The van der Waals surface area contributed by atoms with E-state index in [1.165, 1.54) is 0 Å². The molecule has 9 nitrogen and oxygen atoms in total. The highest BCUT2D eigenvalue weighted by Gasteiger charge is 2.54. The molecule has 2 atom stereocenters. The van der Waals surface area contributed by atoms with Crippen molar-refractivity contribution >= 4 is 34.0 Å². The molecule has 0 unspecified atom stereocenters. The second-order valence-electron chi connectivity index (χ2n) is 14.1. The van der Waals surface area contributed by atoms with E-state index in [9.17, 15) is 31.9 Å². The molecule has 13 heteroatoms. The fourth-order valence-corrected chi connectivity index (χ4v) is 9.09. The predicted octanol–water partition coefficient (Wildman–Crippen LogP) is 9.09. The summed E-state index contributed by atoms with van der Waals surface area (Å²) < 4.78 is 75.3. The summed E-state index contributed by atoms with van der Waals surface area (Å²) in [6.07, 6.45) is -1.98. The lowest BCUT2D eigenvalue weighted by molar-refractivity contribution is -0.923. The summed E-state index contributed by atoms with van der Waals surface area (Å²) in [6, 6.07) is 11.8. The lowest BCUT2D eigenvalue weighted by Crippen LogP contribution is -2.58. The van der Waals surface area contributed by atoms with Crippen molar-refractivity contribution in [1.82, 2.24) is 4.72 Å². The molecule has 0 saturated heterocycles. The number of anilines is 2. The van der Waals surface area contributed by atoms with Crippen molar-refractivity contribution in [1.29, 1.82) is 0 Å². The summed E-state index contributed by atoms with van der Waals surface area (Å²) in [5.74, 6) is -3.58. The Bertz CT molecular complexity index is 1430. The molecule has 0 bridgehead atoms. The number of nitrogens with one attached hydrogen (secondary N) is 2. The van der Waals surface area contributed by atoms with E-state index in [0.29, 0.717) is 61.0 Å². The molecule has 0 radical (unpaired) electrons. The maximum atomic E-state index is 14.0. The minimum atomic E-state index is -5.28. The maximum Gasteiger partial charge on any atom is 0.490 e. The number of benzene rings is 2. The summed E-state index contributed by atoms with van der Waals surface area (Å²) in [6.45, 7) is 14.5. The van der Waals surface area contributed by atoms with Crippen molar-refractivity contribution in [2.45, 2.75) is 121 Å². The molecule has 1 amide bonds. The number of halogens is 3. The molecule has 0 aliphatic carbocycles. The van der Waals surface area contributed by atoms with Gasteiger partial charge >= 0.3 is 12.1 Å². The fourth-order valence-electron chi connectivity index (χ4n) is 7.32. The summed E-state index contributed by atoms with van der Waals surface area (Å²) in [5.41, 5.74) is 0.483. The number of amides is 1. The Kier molecular flexibility index (Phi) is 15.3. The number of quaternary nitrogens is 1. The van der Waals surface area contributed by atoms with Crippen molar-refractivity contribution in [2.24, 2.45) is 0 Å². The molecule has 0 spiro atoms. The first kappa shape index (κ1) is 42.6. The molecule has 0 aromatic heterocycles. The number of nitrogens with zero attached hydrogens (tertiary/aromatic N) is 2. The molecule has 1 aliphatic rings. The van der Waals surface area contributed by atoms with Gasteiger partial charge in [0.2, 0.25) is 5.91 Å². The van der Waals surface area contributed by atoms with Gasteiger partial charge in [0.05, 0.1) is 42.5 Å². The minimum Gasteiger partial charge on any atom is -0.453 e. The van der Waals surface area contributed by atoms with Gasteiger partial charge < -0.3 is 19.4 Å². The van der Waals surface area contributed by atoms with E-state index < -0.39 is 40.5 Å². The fraction of sp³-hybridized carbons (Fsp3) is 0.632. The van der Waals surface area contributed by atoms with Crippen molar-refractivity contribution < 1.29 is 41.1 Å². The number of esters is 1. The van der Waals surface area contributed by atoms with Crippen molar-refractivity contribution in [3.8, 4) is 0 Å². The third-order valence-electron chi connectivity index (χ3n) is 10.6. The van der Waals surface area contributed by atoms with Crippen LogP contribution in [0.5, 0.6) is 0 Å². The van der Waals surface area contributed by atoms with Gasteiger partial charge in [0, 0.05) is 31.9 Å². The molecule has 288 valence electrons. The van der Waals surface area contributed by atoms with E-state index in [2.05, 4.69) is 30.8 Å². The zero-order valence-corrected chi connectivity index (χ0v) is 32.3. The second kappa shape index (κ2) is 18.3. The van der Waals surface area contributed by atoms with E-state index >= 15 is 0 Å². The lowest BCUT2D eigenvalue weighted by atomic mass is 9.72. The van der Waals surface area contributed by atoms with E-state index in [0.717, 1.165) is 37.1 Å². The highest BCUT2D eigenvalue weighted by molar-refractivity contribution is 8.22. The number of fused-ring (bicyclic) bond motifs is 1. The molecule has 51 heavy (non-hydrogen) atoms. The molecule has 1 aliphatic heterocycles. The van der Waals surface area contributed by atoms with Crippen LogP contribution in [-0.2, 0) is 14.3 Å². The van der Waals surface area contributed by atoms with E-state index in [-0.39, 0.29) is 23.6 Å². The van der Waals surface area contributed by atoms with Gasteiger partial charge in [-0.15, -0.1) is 10.8 Å². The number of hydrogen-bond donors (Lipinski definition) is 4. The van der Waals surface area contributed by atoms with Crippen LogP contribution in [0.3, 0.4) is 0 Å². The Morgan fingerprint density at radius 3 is 2.12 bits per heavy atom. The van der Waals surface area contributed by atoms with Crippen molar-refractivity contribution in [3.05, 3.63) is 53.6 Å². The molecule has 1 heterocycles. The van der Waals surface area contributed by atoms with Crippen molar-refractivity contribution in [2.75, 3.05) is 50.5 Å². The average molecular weight is 742 g/mol. The van der Waals surface area contributed by atoms with Gasteiger partial charge in [-0.25, -0.2) is 9.52 Å². The minimum absolute atomic E-state index is 0.121. The summed E-state index contributed by atoms with van der Waals surface area (Å²) in [5, 5.41) is 2.97. The smallest absolute Gasteiger partial charge is 0.453 e. The third kappa shape index (κ3) is 10.6. The molecule has 4 N–H and O–H groups in total. The van der Waals surface area contributed by atoms with Crippen LogP contribution < -0.4 is 14.9 Å². The Hall–Kier alpha value is -2.84. The van der Waals surface area contributed by atoms with Crippen LogP contribution in [0.15, 0.2) is 47.4 Å². The number of alkyl halides is 3. The number of carbonyl (C=O) groups excluding carboxylic acids is 2. The SMILES string of the molecule is CCCCC1(CCCC)NS(O)(O)c2ccc(N(C)C)cc2[C@@H](c2cccc(NC(=O)CCCC[N+](CC)(CC)CC)c2)[C@H]1OC(=O)C(F)(F)F. The topological polar surface area (TPSA) is 111 Å². The van der Waals surface area contributed by atoms with Gasteiger partial charge in [0.25, 0.3) is 0 Å². The predicted molar refractivity (Wildman–Crippen MR) is 200 cm³/mol. The van der Waals surface area contributed by atoms with Crippen LogP contribution in [0.2, 0.25) is 0 Å². The highest BCUT2D eigenvalue weighted by atomic mass is 32.3. The molecule has 2 aromatic carbocycles. The van der Waals surface area contributed by atoms with Gasteiger partial charge in [0.15, 0.2) is 0 Å². The number of ether oxygens (including phenoxy) is 1. The zero-order valence-electron chi connectivity index (χ0n) is 31.4. The molecule has 2 aromatic rings. The van der Waals surface area contributed by atoms with E-state index in [1.807, 2.05) is 13.8 Å². The lowest BCUT2D eigenvalue weighted by Gasteiger charge is -2.47. The van der Waals surface area contributed by atoms with Crippen LogP contribution in [0.25, 0.3) is 0 Å². The Balaban J connectivity index is 2.17. The number of rotatable bonds is 18. The van der Waals surface area contributed by atoms with E-state index in [4.69, 9.17) is 4.74 Å². The molecule has 0 saturated carbocycles. The van der Waals surface area contributed by atoms with Gasteiger partial charge in [-0.05, 0) is 87.9 Å². The van der Waals surface area contributed by atoms with Crippen molar-refractivity contribution in [3.63, 3.8) is 0 Å². The Morgan fingerprint density at radius 2 is 1.57 bits per heavy atom. The number of carbonyl (C=O) groups is 2. The first-order valence-corrected chi connectivity index (χ1v) is 20.0. The average Bonchev–Trinajstić information content (AvgIpc) is 3.16. The van der Waals surface area contributed by atoms with E-state index in [1.54, 1.807) is 61.5 Å². The quantitative estimate of drug-likeness (QED) is 0.0686. The first-order chi connectivity index (χ1) is 24.0. The maximum absolute atomic E-state index is 14.0. The standard InChI is InChI=1S/C38H59F3N4O5S/c1-8-13-23-37(24-14-9-2)35(50-36(47)38(39,40)41)34(31-27-30(44(6)7)21-22-32(31)51(48,49)43-37)28-18-17-19-29(26-28)42-33(46)20-15-16-25-45(10-3,11-4)12-5/h17-19,21-22,26-27,34-35,43H,8-16,20,23-25H2,1-7H3,(H2-,42,46,48,49)/p+1/t34-,35-/m1/s1. The monoisotopic (exact) mass is 741 g/mol. The normalized spacial score (nSPS) is 19.1. The summed E-state index contributed by atoms with van der Waals surface area (Å²) in [7, 11) is -0.195. The van der Waals surface area contributed by atoms with Crippen LogP contribution in [0.1, 0.15) is 109 Å². The molecular formula is C38H60F3N4O5S+. The summed E-state index contributed by atoms with van der Waals surface area (Å²) in [4.78, 5) is 27.9. The van der Waals surface area contributed by atoms with Gasteiger partial charge in [-0.1, -0.05) is 51.7 Å².